The van der Waals surface area contributed by atoms with Crippen LogP contribution in [0.3, 0.4) is 0 Å². The minimum Gasteiger partial charge on any atom is -0.505 e. The van der Waals surface area contributed by atoms with Gasteiger partial charge in [0.05, 0.1) is 6.61 Å². The minimum atomic E-state index is -1.91. The highest BCUT2D eigenvalue weighted by Crippen LogP contribution is 2.32. The second-order valence-corrected chi connectivity index (χ2v) is 12.2. The van der Waals surface area contributed by atoms with Gasteiger partial charge < -0.3 is 25.2 Å². The molecule has 0 spiro atoms. The van der Waals surface area contributed by atoms with Gasteiger partial charge in [0.15, 0.2) is 11.9 Å². The van der Waals surface area contributed by atoms with Crippen molar-refractivity contribution in [3.05, 3.63) is 81.4 Å². The molecular weight excluding hydrogens is 528 g/mol. The number of hydrogen-bond acceptors (Lipinski definition) is 6. The maximum atomic E-state index is 11.5. The summed E-state index contributed by atoms with van der Waals surface area (Å²) >= 11 is 0. The number of aliphatic hydroxyl groups excluding tert-OH is 3. The molecule has 0 bridgehead atoms. The first kappa shape index (κ1) is 37.2. The maximum absolute atomic E-state index is 11.5. The van der Waals surface area contributed by atoms with Gasteiger partial charge in [-0.05, 0) is 113 Å². The fourth-order valence-electron chi connectivity index (χ4n) is 4.89. The summed E-state index contributed by atoms with van der Waals surface area (Å²) in [6.07, 6.45) is 22.5. The number of ether oxygens (including phenoxy) is 1. The largest absolute Gasteiger partial charge is 0.505 e. The van der Waals surface area contributed by atoms with E-state index in [2.05, 4.69) is 71.9 Å². The van der Waals surface area contributed by atoms with Gasteiger partial charge in [-0.2, -0.15) is 0 Å². The fraction of sp³-hybridized carbons (Fsp3) is 0.583. The quantitative estimate of drug-likeness (QED) is 0.0686. The van der Waals surface area contributed by atoms with Crippen molar-refractivity contribution in [3.8, 4) is 0 Å². The Morgan fingerprint density at radius 1 is 0.667 bits per heavy atom. The van der Waals surface area contributed by atoms with E-state index in [0.717, 1.165) is 69.8 Å². The summed E-state index contributed by atoms with van der Waals surface area (Å²) in [6, 6.07) is 0. The standard InChI is InChI=1S/C36H56O6/c1-26(2)14-10-17-29(5)20-11-18-27(3)15-8-9-16-28(4)19-12-21-30(6)22-13-23-31(7)24-36(41,25-37)34-32(38)33(39)35(40)42-34/h14-16,20-21,23,34,37-39,41H,8-13,17-19,22,24-25H2,1-7H3/b27-15+,28-16+,29-20+,30-21+,31-23-/t34-,36+/m0/s1. The van der Waals surface area contributed by atoms with Crippen LogP contribution in [0.25, 0.3) is 0 Å². The van der Waals surface area contributed by atoms with Crippen LogP contribution >= 0.6 is 0 Å². The van der Waals surface area contributed by atoms with Crippen molar-refractivity contribution in [1.82, 2.24) is 0 Å². The zero-order chi connectivity index (χ0) is 31.7. The van der Waals surface area contributed by atoms with Crippen molar-refractivity contribution < 1.29 is 30.0 Å². The summed E-state index contributed by atoms with van der Waals surface area (Å²) in [5.41, 5.74) is 5.93. The highest BCUT2D eigenvalue weighted by molar-refractivity contribution is 5.89. The van der Waals surface area contributed by atoms with Crippen LogP contribution in [0.1, 0.15) is 119 Å². The van der Waals surface area contributed by atoms with Crippen molar-refractivity contribution in [2.45, 2.75) is 131 Å². The number of rotatable bonds is 19. The van der Waals surface area contributed by atoms with E-state index in [9.17, 15) is 25.2 Å². The molecule has 0 unspecified atom stereocenters. The lowest BCUT2D eigenvalue weighted by Gasteiger charge is -2.31. The molecule has 1 aliphatic rings. The lowest BCUT2D eigenvalue weighted by molar-refractivity contribution is -0.159. The average Bonchev–Trinajstić information content (AvgIpc) is 3.18. The van der Waals surface area contributed by atoms with E-state index in [1.807, 2.05) is 13.0 Å². The number of carbonyl (C=O) groups is 1. The van der Waals surface area contributed by atoms with Gasteiger partial charge in [-0.3, -0.25) is 0 Å². The third-order valence-electron chi connectivity index (χ3n) is 7.59. The summed E-state index contributed by atoms with van der Waals surface area (Å²) in [6.45, 7) is 14.2. The third kappa shape index (κ3) is 14.4. The Kier molecular flexibility index (Phi) is 17.2. The Morgan fingerprint density at radius 2 is 1.05 bits per heavy atom. The Balaban J connectivity index is 2.37. The van der Waals surface area contributed by atoms with Gasteiger partial charge in [0, 0.05) is 6.42 Å². The maximum Gasteiger partial charge on any atom is 0.378 e. The van der Waals surface area contributed by atoms with E-state index in [0.29, 0.717) is 0 Å². The van der Waals surface area contributed by atoms with Gasteiger partial charge >= 0.3 is 5.97 Å². The van der Waals surface area contributed by atoms with Crippen LogP contribution in [-0.2, 0) is 9.53 Å². The first-order valence-corrected chi connectivity index (χ1v) is 15.4. The number of hydrogen-bond donors (Lipinski definition) is 4. The van der Waals surface area contributed by atoms with Gasteiger partial charge in [0.25, 0.3) is 0 Å². The number of allylic oxidation sites excluding steroid dienone is 11. The Hall–Kier alpha value is -2.83. The number of aliphatic hydroxyl groups is 4. The first-order valence-electron chi connectivity index (χ1n) is 15.4. The van der Waals surface area contributed by atoms with Gasteiger partial charge in [-0.15, -0.1) is 0 Å². The fourth-order valence-corrected chi connectivity index (χ4v) is 4.89. The normalized spacial score (nSPS) is 18.8. The van der Waals surface area contributed by atoms with Crippen LogP contribution in [0.4, 0.5) is 0 Å². The van der Waals surface area contributed by atoms with Crippen LogP contribution in [0.5, 0.6) is 0 Å². The van der Waals surface area contributed by atoms with E-state index in [1.54, 1.807) is 0 Å². The van der Waals surface area contributed by atoms with Crippen LogP contribution in [0, 0.1) is 0 Å². The number of cyclic esters (lactones) is 1. The molecule has 6 heteroatoms. The molecule has 0 radical (unpaired) electrons. The second-order valence-electron chi connectivity index (χ2n) is 12.2. The molecule has 1 rings (SSSR count). The molecule has 0 aromatic carbocycles. The monoisotopic (exact) mass is 584 g/mol. The van der Waals surface area contributed by atoms with Crippen LogP contribution in [0.2, 0.25) is 0 Å². The summed E-state index contributed by atoms with van der Waals surface area (Å²) in [4.78, 5) is 11.5. The van der Waals surface area contributed by atoms with Crippen molar-refractivity contribution in [1.29, 1.82) is 0 Å². The lowest BCUT2D eigenvalue weighted by atomic mass is 9.88. The predicted molar refractivity (Wildman–Crippen MR) is 173 cm³/mol. The van der Waals surface area contributed by atoms with Crippen molar-refractivity contribution in [2.75, 3.05) is 6.61 Å². The first-order chi connectivity index (χ1) is 19.8. The molecule has 0 aromatic heterocycles. The summed E-state index contributed by atoms with van der Waals surface area (Å²) in [5, 5.41) is 39.9. The molecule has 0 amide bonds. The molecule has 6 nitrogen and oxygen atoms in total. The van der Waals surface area contributed by atoms with Crippen LogP contribution in [0.15, 0.2) is 81.4 Å². The Bertz CT molecular complexity index is 1090. The molecule has 0 fully saturated rings. The molecule has 0 aromatic rings. The molecule has 1 aliphatic heterocycles. The van der Waals surface area contributed by atoms with Gasteiger partial charge in [-0.1, -0.05) is 69.9 Å². The van der Waals surface area contributed by atoms with Crippen LogP contribution in [-0.4, -0.2) is 44.7 Å². The van der Waals surface area contributed by atoms with E-state index in [-0.39, 0.29) is 6.42 Å². The van der Waals surface area contributed by atoms with Gasteiger partial charge in [-0.25, -0.2) is 4.79 Å². The molecular formula is C36H56O6. The second kappa shape index (κ2) is 19.4. The topological polar surface area (TPSA) is 107 Å². The molecule has 236 valence electrons. The number of carbonyl (C=O) groups excluding carboxylic acids is 1. The number of unbranched alkanes of at least 4 members (excludes halogenated alkanes) is 1. The SMILES string of the molecule is CC(C)=CCC/C(C)=C/CC/C(C)=C/CC/C=C(\C)CC/C=C(\C)CC/C=C(/C)C[C@@](O)(CO)[C@H]1OC(=O)C(O)=C1O. The van der Waals surface area contributed by atoms with Crippen molar-refractivity contribution >= 4 is 5.97 Å². The van der Waals surface area contributed by atoms with Gasteiger partial charge in [0.1, 0.15) is 5.60 Å². The smallest absolute Gasteiger partial charge is 0.378 e. The Labute approximate surface area is 254 Å². The lowest BCUT2D eigenvalue weighted by Crippen LogP contribution is -2.47. The highest BCUT2D eigenvalue weighted by atomic mass is 16.6. The van der Waals surface area contributed by atoms with Crippen molar-refractivity contribution in [3.63, 3.8) is 0 Å². The van der Waals surface area contributed by atoms with E-state index >= 15 is 0 Å². The molecule has 0 saturated carbocycles. The van der Waals surface area contributed by atoms with E-state index in [4.69, 9.17) is 4.74 Å². The molecule has 0 aliphatic carbocycles. The van der Waals surface area contributed by atoms with Crippen LogP contribution < -0.4 is 0 Å². The molecule has 0 saturated heterocycles. The van der Waals surface area contributed by atoms with Crippen molar-refractivity contribution in [2.24, 2.45) is 0 Å². The molecule has 2 atom stereocenters. The number of esters is 1. The molecule has 1 heterocycles. The predicted octanol–water partition coefficient (Wildman–Crippen LogP) is 8.95. The third-order valence-corrected chi connectivity index (χ3v) is 7.59. The highest BCUT2D eigenvalue weighted by Gasteiger charge is 2.48. The summed E-state index contributed by atoms with van der Waals surface area (Å²) in [5.74, 6) is -2.79. The zero-order valence-electron chi connectivity index (χ0n) is 27.1. The van der Waals surface area contributed by atoms with E-state index < -0.39 is 35.8 Å². The van der Waals surface area contributed by atoms with E-state index in [1.165, 1.54) is 27.9 Å². The average molecular weight is 585 g/mol. The molecule has 42 heavy (non-hydrogen) atoms. The summed E-state index contributed by atoms with van der Waals surface area (Å²) < 4.78 is 4.86. The minimum absolute atomic E-state index is 0.00609. The summed E-state index contributed by atoms with van der Waals surface area (Å²) in [7, 11) is 0. The Morgan fingerprint density at radius 3 is 1.40 bits per heavy atom. The molecule has 4 N–H and O–H groups in total. The zero-order valence-corrected chi connectivity index (χ0v) is 27.1. The van der Waals surface area contributed by atoms with Gasteiger partial charge in [0.2, 0.25) is 5.76 Å².